The lowest BCUT2D eigenvalue weighted by Crippen LogP contribution is -1.90. The molecule has 0 aliphatic heterocycles. The third-order valence-electron chi connectivity index (χ3n) is 2.10. The first kappa shape index (κ1) is 9.93. The molecule has 0 atom stereocenters. The van der Waals surface area contributed by atoms with Crippen LogP contribution >= 0.6 is 11.6 Å². The number of nitrogens with zero attached hydrogens (tertiary/aromatic N) is 2. The van der Waals surface area contributed by atoms with Crippen LogP contribution in [0.15, 0.2) is 30.5 Å². The summed E-state index contributed by atoms with van der Waals surface area (Å²) in [6.07, 6.45) is 2.41. The van der Waals surface area contributed by atoms with Crippen LogP contribution in [-0.2, 0) is 7.05 Å². The third-order valence-corrected chi connectivity index (χ3v) is 2.33. The number of carbonyl (C=O) groups is 1. The van der Waals surface area contributed by atoms with E-state index in [2.05, 4.69) is 4.98 Å². The van der Waals surface area contributed by atoms with Crippen LogP contribution in [0.4, 0.5) is 0 Å². The smallest absolute Gasteiger partial charge is 0.170 e. The maximum atomic E-state index is 10.6. The number of benzene rings is 1. The van der Waals surface area contributed by atoms with E-state index in [0.29, 0.717) is 10.7 Å². The van der Waals surface area contributed by atoms with E-state index < -0.39 is 0 Å². The van der Waals surface area contributed by atoms with E-state index in [4.69, 9.17) is 11.6 Å². The van der Waals surface area contributed by atoms with Crippen molar-refractivity contribution >= 4 is 17.9 Å². The zero-order valence-electron chi connectivity index (χ0n) is 8.14. The van der Waals surface area contributed by atoms with Crippen LogP contribution in [0.25, 0.3) is 11.4 Å². The number of hydrogen-bond donors (Lipinski definition) is 0. The molecule has 0 N–H and O–H groups in total. The SMILES string of the molecule is Cn1cc(C=O)nc1-c1cccc(Cl)c1. The predicted molar refractivity (Wildman–Crippen MR) is 59.0 cm³/mol. The lowest BCUT2D eigenvalue weighted by molar-refractivity contribution is 0.111. The summed E-state index contributed by atoms with van der Waals surface area (Å²) in [7, 11) is 1.84. The topological polar surface area (TPSA) is 34.9 Å². The summed E-state index contributed by atoms with van der Waals surface area (Å²) >= 11 is 5.88. The molecule has 0 aliphatic carbocycles. The fraction of sp³-hybridized carbons (Fsp3) is 0.0909. The van der Waals surface area contributed by atoms with Crippen molar-refractivity contribution in [1.29, 1.82) is 0 Å². The molecule has 1 aromatic heterocycles. The van der Waals surface area contributed by atoms with Gasteiger partial charge in [0.15, 0.2) is 6.29 Å². The number of halogens is 1. The maximum absolute atomic E-state index is 10.6. The molecule has 2 rings (SSSR count). The zero-order valence-corrected chi connectivity index (χ0v) is 8.90. The van der Waals surface area contributed by atoms with Gasteiger partial charge in [0.1, 0.15) is 11.5 Å². The Hall–Kier alpha value is -1.61. The minimum atomic E-state index is 0.424. The van der Waals surface area contributed by atoms with Crippen LogP contribution in [0.2, 0.25) is 5.02 Å². The predicted octanol–water partition coefficient (Wildman–Crippen LogP) is 2.55. The summed E-state index contributed by atoms with van der Waals surface area (Å²) in [6.45, 7) is 0. The van der Waals surface area contributed by atoms with Crippen molar-refractivity contribution in [3.05, 3.63) is 41.2 Å². The molecule has 0 bridgehead atoms. The molecule has 0 spiro atoms. The number of hydrogen-bond acceptors (Lipinski definition) is 2. The lowest BCUT2D eigenvalue weighted by Gasteiger charge is -2.01. The van der Waals surface area contributed by atoms with Gasteiger partial charge in [0.25, 0.3) is 0 Å². The molecule has 0 radical (unpaired) electrons. The Morgan fingerprint density at radius 1 is 1.47 bits per heavy atom. The van der Waals surface area contributed by atoms with Crippen LogP contribution < -0.4 is 0 Å². The quantitative estimate of drug-likeness (QED) is 0.729. The van der Waals surface area contributed by atoms with Gasteiger partial charge in [-0.15, -0.1) is 0 Å². The maximum Gasteiger partial charge on any atom is 0.170 e. The summed E-state index contributed by atoms with van der Waals surface area (Å²) in [4.78, 5) is 14.7. The Balaban J connectivity index is 2.53. The van der Waals surface area contributed by atoms with E-state index in [1.165, 1.54) is 0 Å². The molecule has 1 heterocycles. The van der Waals surface area contributed by atoms with Gasteiger partial charge >= 0.3 is 0 Å². The van der Waals surface area contributed by atoms with Gasteiger partial charge in [0.2, 0.25) is 0 Å². The first-order valence-corrected chi connectivity index (χ1v) is 4.83. The fourth-order valence-corrected chi connectivity index (χ4v) is 1.63. The lowest BCUT2D eigenvalue weighted by atomic mass is 10.2. The first-order valence-electron chi connectivity index (χ1n) is 4.45. The van der Waals surface area contributed by atoms with Gasteiger partial charge in [-0.2, -0.15) is 0 Å². The summed E-state index contributed by atoms with van der Waals surface area (Å²) in [5.74, 6) is 0.736. The van der Waals surface area contributed by atoms with E-state index >= 15 is 0 Å². The van der Waals surface area contributed by atoms with Gasteiger partial charge < -0.3 is 4.57 Å². The van der Waals surface area contributed by atoms with Gasteiger partial charge in [-0.3, -0.25) is 4.79 Å². The van der Waals surface area contributed by atoms with Gasteiger partial charge in [-0.1, -0.05) is 23.7 Å². The number of aromatic nitrogens is 2. The fourth-order valence-electron chi connectivity index (χ4n) is 1.44. The molecule has 15 heavy (non-hydrogen) atoms. The molecular weight excluding hydrogens is 212 g/mol. The zero-order chi connectivity index (χ0) is 10.8. The van der Waals surface area contributed by atoms with Crippen LogP contribution in [-0.4, -0.2) is 15.8 Å². The molecule has 0 amide bonds. The monoisotopic (exact) mass is 220 g/mol. The van der Waals surface area contributed by atoms with Crippen molar-refractivity contribution in [2.24, 2.45) is 7.05 Å². The minimum Gasteiger partial charge on any atom is -0.333 e. The highest BCUT2D eigenvalue weighted by atomic mass is 35.5. The first-order chi connectivity index (χ1) is 7.20. The standard InChI is InChI=1S/C11H9ClN2O/c1-14-6-10(7-15)13-11(14)8-3-2-4-9(12)5-8/h2-7H,1H3. The summed E-state index contributed by atoms with van der Waals surface area (Å²) < 4.78 is 1.80. The molecule has 1 aromatic carbocycles. The van der Waals surface area contributed by atoms with Gasteiger partial charge in [0.05, 0.1) is 0 Å². The van der Waals surface area contributed by atoms with Crippen LogP contribution in [0, 0.1) is 0 Å². The summed E-state index contributed by atoms with van der Waals surface area (Å²) in [5, 5.41) is 0.656. The molecule has 0 fully saturated rings. The van der Waals surface area contributed by atoms with Crippen molar-refractivity contribution in [3.8, 4) is 11.4 Å². The van der Waals surface area contributed by atoms with Crippen molar-refractivity contribution in [2.75, 3.05) is 0 Å². The van der Waals surface area contributed by atoms with Gasteiger partial charge in [0, 0.05) is 23.8 Å². The average molecular weight is 221 g/mol. The van der Waals surface area contributed by atoms with E-state index in [9.17, 15) is 4.79 Å². The third kappa shape index (κ3) is 1.92. The van der Waals surface area contributed by atoms with Crippen LogP contribution in [0.3, 0.4) is 0 Å². The number of carbonyl (C=O) groups excluding carboxylic acids is 1. The second-order valence-corrected chi connectivity index (χ2v) is 3.66. The number of rotatable bonds is 2. The van der Waals surface area contributed by atoms with Crippen LogP contribution in [0.1, 0.15) is 10.5 Å². The van der Waals surface area contributed by atoms with Crippen molar-refractivity contribution in [1.82, 2.24) is 9.55 Å². The molecule has 0 saturated heterocycles. The van der Waals surface area contributed by atoms with E-state index in [1.807, 2.05) is 25.2 Å². The Morgan fingerprint density at radius 3 is 2.87 bits per heavy atom. The highest BCUT2D eigenvalue weighted by Crippen LogP contribution is 2.21. The largest absolute Gasteiger partial charge is 0.333 e. The molecule has 0 unspecified atom stereocenters. The highest BCUT2D eigenvalue weighted by Gasteiger charge is 2.06. The van der Waals surface area contributed by atoms with Gasteiger partial charge in [-0.25, -0.2) is 4.98 Å². The normalized spacial score (nSPS) is 10.3. The molecule has 76 valence electrons. The van der Waals surface area contributed by atoms with E-state index in [0.717, 1.165) is 17.7 Å². The van der Waals surface area contributed by atoms with Crippen LogP contribution in [0.5, 0.6) is 0 Å². The molecule has 4 heteroatoms. The Kier molecular flexibility index (Phi) is 2.56. The van der Waals surface area contributed by atoms with Crippen molar-refractivity contribution in [2.45, 2.75) is 0 Å². The van der Waals surface area contributed by atoms with Crippen molar-refractivity contribution < 1.29 is 4.79 Å². The molecule has 0 aliphatic rings. The van der Waals surface area contributed by atoms with E-state index in [-0.39, 0.29) is 0 Å². The van der Waals surface area contributed by atoms with E-state index in [1.54, 1.807) is 16.8 Å². The van der Waals surface area contributed by atoms with Crippen molar-refractivity contribution in [3.63, 3.8) is 0 Å². The molecular formula is C11H9ClN2O. The molecule has 3 nitrogen and oxygen atoms in total. The second kappa shape index (κ2) is 3.87. The Morgan fingerprint density at radius 2 is 2.27 bits per heavy atom. The highest BCUT2D eigenvalue weighted by molar-refractivity contribution is 6.30. The molecule has 2 aromatic rings. The average Bonchev–Trinajstić information content (AvgIpc) is 2.60. The minimum absolute atomic E-state index is 0.424. The Bertz CT molecular complexity index is 505. The van der Waals surface area contributed by atoms with Gasteiger partial charge in [-0.05, 0) is 12.1 Å². The summed E-state index contributed by atoms with van der Waals surface area (Å²) in [6, 6.07) is 7.38. The number of imidazole rings is 1. The number of aryl methyl sites for hydroxylation is 1. The number of aldehydes is 1. The summed E-state index contributed by atoms with van der Waals surface area (Å²) in [5.41, 5.74) is 1.32. The Labute approximate surface area is 92.3 Å². The second-order valence-electron chi connectivity index (χ2n) is 3.23. The molecule has 0 saturated carbocycles.